The van der Waals surface area contributed by atoms with Crippen molar-refractivity contribution in [3.63, 3.8) is 0 Å². The maximum Gasteiger partial charge on any atom is 0.234 e. The summed E-state index contributed by atoms with van der Waals surface area (Å²) in [6.07, 6.45) is 0.925. The smallest absolute Gasteiger partial charge is 0.234 e. The summed E-state index contributed by atoms with van der Waals surface area (Å²) in [7, 11) is 0. The van der Waals surface area contributed by atoms with Crippen LogP contribution >= 0.6 is 11.8 Å². The van der Waals surface area contributed by atoms with Crippen molar-refractivity contribution in [1.29, 1.82) is 5.26 Å². The van der Waals surface area contributed by atoms with Gasteiger partial charge in [0.2, 0.25) is 5.91 Å². The molecule has 1 aliphatic heterocycles. The van der Waals surface area contributed by atoms with Crippen molar-refractivity contribution in [2.45, 2.75) is 18.4 Å². The first-order valence-corrected chi connectivity index (χ1v) is 10.3. The van der Waals surface area contributed by atoms with E-state index in [0.29, 0.717) is 41.0 Å². The number of nitrogens with zero attached hydrogens (tertiary/aromatic N) is 2. The number of hydrogen-bond donors (Lipinski definition) is 1. The molecule has 0 aliphatic carbocycles. The first kappa shape index (κ1) is 19.1. The molecule has 0 atom stereocenters. The highest BCUT2D eigenvalue weighted by molar-refractivity contribution is 8.00. The lowest BCUT2D eigenvalue weighted by atomic mass is 10.1. The molecule has 0 bridgehead atoms. The van der Waals surface area contributed by atoms with Gasteiger partial charge in [-0.15, -0.1) is 0 Å². The van der Waals surface area contributed by atoms with Crippen molar-refractivity contribution in [2.24, 2.45) is 0 Å². The molecule has 0 spiro atoms. The summed E-state index contributed by atoms with van der Waals surface area (Å²) in [5, 5.41) is 13.8. The number of anilines is 1. The van der Waals surface area contributed by atoms with Gasteiger partial charge in [0.15, 0.2) is 11.5 Å². The number of nitriles is 1. The van der Waals surface area contributed by atoms with E-state index < -0.39 is 0 Å². The number of rotatable bonds is 5. The molecule has 0 radical (unpaired) electrons. The summed E-state index contributed by atoms with van der Waals surface area (Å²) in [5.74, 6) is 1.26. The van der Waals surface area contributed by atoms with Gasteiger partial charge in [-0.3, -0.25) is 4.79 Å². The van der Waals surface area contributed by atoms with E-state index in [4.69, 9.17) is 9.47 Å². The third-order valence-corrected chi connectivity index (χ3v) is 5.53. The monoisotopic (exact) mass is 405 g/mol. The van der Waals surface area contributed by atoms with Gasteiger partial charge in [-0.2, -0.15) is 5.26 Å². The molecule has 1 aromatic heterocycles. The summed E-state index contributed by atoms with van der Waals surface area (Å²) in [5.41, 5.74) is 3.13. The van der Waals surface area contributed by atoms with Crippen LogP contribution in [0.3, 0.4) is 0 Å². The Balaban J connectivity index is 1.46. The standard InChI is InChI=1S/C22H19N3O3S/c1-2-14-3-5-18-15(9-14)10-16(12-23)22(25-18)29-13-21(26)24-17-4-6-19-20(11-17)28-8-7-27-19/h3-6,9-11H,2,7-8,13H2,1H3,(H,24,26). The van der Waals surface area contributed by atoms with Gasteiger partial charge in [0.25, 0.3) is 0 Å². The van der Waals surface area contributed by atoms with Crippen molar-refractivity contribution in [3.8, 4) is 17.6 Å². The van der Waals surface area contributed by atoms with Gasteiger partial charge in [0, 0.05) is 17.1 Å². The Bertz CT molecular complexity index is 1120. The number of amides is 1. The van der Waals surface area contributed by atoms with E-state index in [2.05, 4.69) is 23.3 Å². The fourth-order valence-corrected chi connectivity index (χ4v) is 3.83. The molecule has 146 valence electrons. The van der Waals surface area contributed by atoms with E-state index >= 15 is 0 Å². The summed E-state index contributed by atoms with van der Waals surface area (Å²) in [4.78, 5) is 17.0. The molecule has 0 saturated heterocycles. The van der Waals surface area contributed by atoms with Crippen molar-refractivity contribution in [2.75, 3.05) is 24.3 Å². The Morgan fingerprint density at radius 2 is 2.00 bits per heavy atom. The zero-order valence-corrected chi connectivity index (χ0v) is 16.7. The minimum absolute atomic E-state index is 0.147. The van der Waals surface area contributed by atoms with Crippen molar-refractivity contribution in [1.82, 2.24) is 4.98 Å². The van der Waals surface area contributed by atoms with E-state index in [1.807, 2.05) is 24.3 Å². The minimum atomic E-state index is -0.182. The lowest BCUT2D eigenvalue weighted by molar-refractivity contribution is -0.113. The number of aryl methyl sites for hydroxylation is 1. The predicted molar refractivity (Wildman–Crippen MR) is 113 cm³/mol. The Morgan fingerprint density at radius 3 is 2.79 bits per heavy atom. The first-order valence-electron chi connectivity index (χ1n) is 9.32. The summed E-state index contributed by atoms with van der Waals surface area (Å²) in [6, 6.07) is 15.4. The molecule has 1 aliphatic rings. The Kier molecular flexibility index (Phi) is 5.54. The van der Waals surface area contributed by atoms with E-state index in [0.717, 1.165) is 17.3 Å². The molecular formula is C22H19N3O3S. The maximum atomic E-state index is 12.4. The van der Waals surface area contributed by atoms with Crippen LogP contribution in [0.4, 0.5) is 5.69 Å². The second-order valence-electron chi connectivity index (χ2n) is 6.53. The molecule has 2 heterocycles. The van der Waals surface area contributed by atoms with Crippen LogP contribution in [0.2, 0.25) is 0 Å². The molecule has 0 saturated carbocycles. The van der Waals surface area contributed by atoms with Crippen LogP contribution in [-0.2, 0) is 11.2 Å². The highest BCUT2D eigenvalue weighted by Gasteiger charge is 2.14. The highest BCUT2D eigenvalue weighted by Crippen LogP contribution is 2.33. The fourth-order valence-electron chi connectivity index (χ4n) is 3.07. The summed E-state index contributed by atoms with van der Waals surface area (Å²) in [6.45, 7) is 3.10. The predicted octanol–water partition coefficient (Wildman–Crippen LogP) is 4.17. The Morgan fingerprint density at radius 1 is 1.17 bits per heavy atom. The van der Waals surface area contributed by atoms with Gasteiger partial charge in [0.05, 0.1) is 16.8 Å². The number of nitrogens with one attached hydrogen (secondary N) is 1. The molecule has 0 fully saturated rings. The Labute approximate surface area is 172 Å². The molecule has 6 nitrogen and oxygen atoms in total. The van der Waals surface area contributed by atoms with Gasteiger partial charge < -0.3 is 14.8 Å². The van der Waals surface area contributed by atoms with Crippen LogP contribution in [-0.4, -0.2) is 29.9 Å². The Hall–Kier alpha value is -3.24. The second-order valence-corrected chi connectivity index (χ2v) is 7.49. The van der Waals surface area contributed by atoms with Crippen molar-refractivity contribution < 1.29 is 14.3 Å². The van der Waals surface area contributed by atoms with E-state index in [1.165, 1.54) is 17.3 Å². The van der Waals surface area contributed by atoms with Crippen LogP contribution in [0, 0.1) is 11.3 Å². The fraction of sp³-hybridized carbons (Fsp3) is 0.227. The highest BCUT2D eigenvalue weighted by atomic mass is 32.2. The molecule has 2 aromatic carbocycles. The molecule has 1 amide bonds. The average Bonchev–Trinajstić information content (AvgIpc) is 2.76. The van der Waals surface area contributed by atoms with E-state index in [1.54, 1.807) is 18.2 Å². The SMILES string of the molecule is CCc1ccc2nc(SCC(=O)Nc3ccc4c(c3)OCCO4)c(C#N)cc2c1. The zero-order chi connectivity index (χ0) is 20.2. The van der Waals surface area contributed by atoms with Gasteiger partial charge in [-0.1, -0.05) is 24.8 Å². The maximum absolute atomic E-state index is 12.4. The summed E-state index contributed by atoms with van der Waals surface area (Å²) >= 11 is 1.25. The molecule has 7 heteroatoms. The number of carbonyl (C=O) groups excluding carboxylic acids is 1. The van der Waals surface area contributed by atoms with Gasteiger partial charge in [-0.05, 0) is 42.3 Å². The van der Waals surface area contributed by atoms with Crippen LogP contribution in [0.25, 0.3) is 10.9 Å². The number of benzene rings is 2. The first-order chi connectivity index (χ1) is 14.2. The number of aromatic nitrogens is 1. The quantitative estimate of drug-likeness (QED) is 0.642. The molecular weight excluding hydrogens is 386 g/mol. The normalized spacial score (nSPS) is 12.4. The zero-order valence-electron chi connectivity index (χ0n) is 15.9. The third-order valence-electron chi connectivity index (χ3n) is 4.54. The van der Waals surface area contributed by atoms with Crippen molar-refractivity contribution >= 4 is 34.3 Å². The largest absolute Gasteiger partial charge is 0.486 e. The van der Waals surface area contributed by atoms with E-state index in [-0.39, 0.29) is 11.7 Å². The molecule has 29 heavy (non-hydrogen) atoms. The number of carbonyl (C=O) groups is 1. The van der Waals surface area contributed by atoms with Gasteiger partial charge >= 0.3 is 0 Å². The molecule has 3 aromatic rings. The van der Waals surface area contributed by atoms with Crippen molar-refractivity contribution in [3.05, 3.63) is 53.6 Å². The number of thioether (sulfide) groups is 1. The molecule has 4 rings (SSSR count). The number of ether oxygens (including phenoxy) is 2. The average molecular weight is 405 g/mol. The lowest BCUT2D eigenvalue weighted by Gasteiger charge is -2.19. The molecule has 0 unspecified atom stereocenters. The topological polar surface area (TPSA) is 84.2 Å². The van der Waals surface area contributed by atoms with Gasteiger partial charge in [0.1, 0.15) is 24.3 Å². The number of pyridine rings is 1. The minimum Gasteiger partial charge on any atom is -0.486 e. The third kappa shape index (κ3) is 4.28. The van der Waals surface area contributed by atoms with Gasteiger partial charge in [-0.25, -0.2) is 4.98 Å². The van der Waals surface area contributed by atoms with E-state index in [9.17, 15) is 10.1 Å². The molecule has 1 N–H and O–H groups in total. The number of hydrogen-bond acceptors (Lipinski definition) is 6. The van der Waals surface area contributed by atoms with Crippen LogP contribution in [0.1, 0.15) is 18.1 Å². The van der Waals surface area contributed by atoms with Crippen LogP contribution in [0.5, 0.6) is 11.5 Å². The van der Waals surface area contributed by atoms with Crippen LogP contribution < -0.4 is 14.8 Å². The number of fused-ring (bicyclic) bond motifs is 2. The second kappa shape index (κ2) is 8.41. The van der Waals surface area contributed by atoms with Crippen LogP contribution in [0.15, 0.2) is 47.5 Å². The summed E-state index contributed by atoms with van der Waals surface area (Å²) < 4.78 is 11.0. The lowest BCUT2D eigenvalue weighted by Crippen LogP contribution is -2.17.